The van der Waals surface area contributed by atoms with Crippen LogP contribution < -0.4 is 5.73 Å². The van der Waals surface area contributed by atoms with E-state index in [1.165, 1.54) is 0 Å². The molecule has 2 unspecified atom stereocenters. The first-order chi connectivity index (χ1) is 8.99. The van der Waals surface area contributed by atoms with Crippen LogP contribution in [0, 0.1) is 5.92 Å². The van der Waals surface area contributed by atoms with Gasteiger partial charge in [-0.05, 0) is 44.4 Å². The molecule has 19 heavy (non-hydrogen) atoms. The van der Waals surface area contributed by atoms with Crippen LogP contribution in [0.25, 0.3) is 0 Å². The average molecular weight is 283 g/mol. The summed E-state index contributed by atoms with van der Waals surface area (Å²) in [6.07, 6.45) is 1.70. The van der Waals surface area contributed by atoms with Crippen LogP contribution >= 0.6 is 11.6 Å². The number of hydrogen-bond acceptors (Lipinski definition) is 3. The molecule has 0 aromatic heterocycles. The largest absolute Gasteiger partial charge is 0.393 e. The van der Waals surface area contributed by atoms with Crippen LogP contribution in [-0.4, -0.2) is 35.7 Å². The van der Waals surface area contributed by atoms with Crippen molar-refractivity contribution in [1.82, 2.24) is 4.90 Å². The predicted molar refractivity (Wildman–Crippen MR) is 79.2 cm³/mol. The molecule has 0 bridgehead atoms. The van der Waals surface area contributed by atoms with Gasteiger partial charge in [0.05, 0.1) is 12.1 Å². The van der Waals surface area contributed by atoms with Crippen LogP contribution in [0.2, 0.25) is 5.02 Å². The Morgan fingerprint density at radius 2 is 2.05 bits per heavy atom. The minimum Gasteiger partial charge on any atom is -0.393 e. The topological polar surface area (TPSA) is 49.5 Å². The monoisotopic (exact) mass is 282 g/mol. The van der Waals surface area contributed by atoms with Gasteiger partial charge in [-0.2, -0.15) is 0 Å². The number of benzene rings is 1. The molecule has 1 aromatic rings. The fourth-order valence-corrected chi connectivity index (χ4v) is 3.25. The second-order valence-corrected chi connectivity index (χ2v) is 6.16. The number of likely N-dealkylation sites (N-methyl/N-ethyl adjacent to an activating group) is 1. The molecule has 4 heteroatoms. The van der Waals surface area contributed by atoms with Crippen LogP contribution in [0.4, 0.5) is 0 Å². The highest BCUT2D eigenvalue weighted by Crippen LogP contribution is 2.33. The molecule has 3 N–H and O–H groups in total. The lowest BCUT2D eigenvalue weighted by molar-refractivity contribution is 0.0203. The zero-order valence-electron chi connectivity index (χ0n) is 11.6. The first-order valence-corrected chi connectivity index (χ1v) is 7.25. The van der Waals surface area contributed by atoms with Gasteiger partial charge in [-0.25, -0.2) is 0 Å². The van der Waals surface area contributed by atoms with Crippen molar-refractivity contribution in [3.05, 3.63) is 34.9 Å². The van der Waals surface area contributed by atoms with Gasteiger partial charge in [0.1, 0.15) is 0 Å². The van der Waals surface area contributed by atoms with E-state index in [4.69, 9.17) is 17.3 Å². The molecule has 2 atom stereocenters. The Hall–Kier alpha value is -0.610. The van der Waals surface area contributed by atoms with Gasteiger partial charge < -0.3 is 10.8 Å². The smallest absolute Gasteiger partial charge is 0.0546 e. The Balaban J connectivity index is 2.09. The van der Waals surface area contributed by atoms with Crippen molar-refractivity contribution in [2.75, 3.05) is 13.6 Å². The highest BCUT2D eigenvalue weighted by Gasteiger charge is 2.31. The van der Waals surface area contributed by atoms with Crippen molar-refractivity contribution in [2.45, 2.75) is 38.0 Å². The van der Waals surface area contributed by atoms with Gasteiger partial charge in [-0.15, -0.1) is 0 Å². The van der Waals surface area contributed by atoms with Crippen molar-refractivity contribution < 1.29 is 5.11 Å². The molecule has 0 radical (unpaired) electrons. The van der Waals surface area contributed by atoms with Crippen molar-refractivity contribution in [3.63, 3.8) is 0 Å². The zero-order chi connectivity index (χ0) is 14.0. The highest BCUT2D eigenvalue weighted by molar-refractivity contribution is 6.31. The van der Waals surface area contributed by atoms with Gasteiger partial charge in [-0.3, -0.25) is 4.90 Å². The van der Waals surface area contributed by atoms with E-state index in [1.807, 2.05) is 31.2 Å². The van der Waals surface area contributed by atoms with Crippen molar-refractivity contribution in [1.29, 1.82) is 0 Å². The standard InChI is InChI=1S/C15H23ClN2O/c1-10(17)15(13-5-3-4-6-14(13)16)18(2)9-11-7-12(19)8-11/h3-6,10-12,15,19H,7-9,17H2,1-2H3. The van der Waals surface area contributed by atoms with E-state index in [0.717, 1.165) is 30.0 Å². The van der Waals surface area contributed by atoms with E-state index in [-0.39, 0.29) is 18.2 Å². The lowest BCUT2D eigenvalue weighted by Crippen LogP contribution is -2.43. The summed E-state index contributed by atoms with van der Waals surface area (Å²) in [6.45, 7) is 2.97. The third-order valence-corrected chi connectivity index (χ3v) is 4.30. The van der Waals surface area contributed by atoms with Crippen LogP contribution in [0.15, 0.2) is 24.3 Å². The van der Waals surface area contributed by atoms with E-state index in [2.05, 4.69) is 11.9 Å². The van der Waals surface area contributed by atoms with Crippen LogP contribution in [0.1, 0.15) is 31.4 Å². The molecule has 1 aliphatic carbocycles. The van der Waals surface area contributed by atoms with E-state index in [1.54, 1.807) is 0 Å². The molecule has 2 rings (SSSR count). The molecular formula is C15H23ClN2O. The average Bonchev–Trinajstić information content (AvgIpc) is 2.29. The summed E-state index contributed by atoms with van der Waals surface area (Å²) in [5.74, 6) is 0.573. The van der Waals surface area contributed by atoms with Crippen molar-refractivity contribution in [2.24, 2.45) is 11.7 Å². The molecule has 106 valence electrons. The number of rotatable bonds is 5. The number of hydrogen-bond donors (Lipinski definition) is 2. The molecule has 1 aromatic carbocycles. The quantitative estimate of drug-likeness (QED) is 0.872. The molecule has 0 amide bonds. The van der Waals surface area contributed by atoms with E-state index in [9.17, 15) is 5.11 Å². The van der Waals surface area contributed by atoms with Gasteiger partial charge in [0.15, 0.2) is 0 Å². The van der Waals surface area contributed by atoms with Crippen LogP contribution in [0.5, 0.6) is 0 Å². The minimum atomic E-state index is -0.104. The van der Waals surface area contributed by atoms with E-state index in [0.29, 0.717) is 5.92 Å². The van der Waals surface area contributed by atoms with Crippen molar-refractivity contribution in [3.8, 4) is 0 Å². The normalized spacial score (nSPS) is 26.0. The second-order valence-electron chi connectivity index (χ2n) is 5.76. The Bertz CT molecular complexity index is 418. The zero-order valence-corrected chi connectivity index (χ0v) is 12.3. The number of aliphatic hydroxyl groups excluding tert-OH is 1. The maximum absolute atomic E-state index is 9.38. The van der Waals surface area contributed by atoms with Crippen molar-refractivity contribution >= 4 is 11.6 Å². The first-order valence-electron chi connectivity index (χ1n) is 6.87. The van der Waals surface area contributed by atoms with Gasteiger partial charge in [0.2, 0.25) is 0 Å². The molecule has 0 spiro atoms. The molecule has 0 heterocycles. The molecule has 1 fully saturated rings. The lowest BCUT2D eigenvalue weighted by atomic mass is 9.81. The Kier molecular flexibility index (Phi) is 4.85. The molecule has 1 aliphatic rings. The Morgan fingerprint density at radius 1 is 1.42 bits per heavy atom. The summed E-state index contributed by atoms with van der Waals surface area (Å²) >= 11 is 6.29. The minimum absolute atomic E-state index is 0.00917. The number of halogens is 1. The summed E-state index contributed by atoms with van der Waals surface area (Å²) in [6, 6.07) is 8.01. The molecule has 0 aliphatic heterocycles. The van der Waals surface area contributed by atoms with E-state index >= 15 is 0 Å². The maximum Gasteiger partial charge on any atom is 0.0546 e. The summed E-state index contributed by atoms with van der Waals surface area (Å²) in [4.78, 5) is 2.27. The summed E-state index contributed by atoms with van der Waals surface area (Å²) < 4.78 is 0. The SMILES string of the molecule is CC(N)C(c1ccccc1Cl)N(C)CC1CC(O)C1. The van der Waals surface area contributed by atoms with E-state index < -0.39 is 0 Å². The molecular weight excluding hydrogens is 260 g/mol. The van der Waals surface area contributed by atoms with Gasteiger partial charge >= 0.3 is 0 Å². The Labute approximate surface area is 120 Å². The lowest BCUT2D eigenvalue weighted by Gasteiger charge is -2.39. The third-order valence-electron chi connectivity index (χ3n) is 3.95. The van der Waals surface area contributed by atoms with Gasteiger partial charge in [-0.1, -0.05) is 29.8 Å². The number of aliphatic hydroxyl groups is 1. The number of nitrogens with zero attached hydrogens (tertiary/aromatic N) is 1. The van der Waals surface area contributed by atoms with Gasteiger partial charge in [0, 0.05) is 17.6 Å². The summed E-state index contributed by atoms with van der Waals surface area (Å²) in [7, 11) is 2.09. The third kappa shape index (κ3) is 3.48. The van der Waals surface area contributed by atoms with Gasteiger partial charge in [0.25, 0.3) is 0 Å². The fourth-order valence-electron chi connectivity index (χ4n) is 3.01. The Morgan fingerprint density at radius 3 is 2.58 bits per heavy atom. The molecule has 0 saturated heterocycles. The van der Waals surface area contributed by atoms with Crippen LogP contribution in [-0.2, 0) is 0 Å². The first kappa shape index (κ1) is 14.8. The summed E-state index contributed by atoms with van der Waals surface area (Å²) in [5, 5.41) is 10.1. The maximum atomic E-state index is 9.38. The van der Waals surface area contributed by atoms with Crippen LogP contribution in [0.3, 0.4) is 0 Å². The summed E-state index contributed by atoms with van der Waals surface area (Å²) in [5.41, 5.74) is 7.24. The predicted octanol–water partition coefficient (Wildman–Crippen LogP) is 2.43. The number of nitrogens with two attached hydrogens (primary N) is 1. The second kappa shape index (κ2) is 6.23. The fraction of sp³-hybridized carbons (Fsp3) is 0.600. The highest BCUT2D eigenvalue weighted by atomic mass is 35.5. The molecule has 3 nitrogen and oxygen atoms in total. The molecule has 1 saturated carbocycles.